The topological polar surface area (TPSA) is 64.1 Å². The maximum Gasteiger partial charge on any atom is 0.319 e. The molecule has 1 N–H and O–H groups in total. The van der Waals surface area contributed by atoms with Gasteiger partial charge in [-0.1, -0.05) is 97.9 Å². The van der Waals surface area contributed by atoms with Gasteiger partial charge < -0.3 is 10.0 Å². The maximum atomic E-state index is 13.8. The van der Waals surface area contributed by atoms with Gasteiger partial charge in [0, 0.05) is 26.7 Å². The predicted molar refractivity (Wildman–Crippen MR) is 134 cm³/mol. The fourth-order valence-electron chi connectivity index (χ4n) is 4.15. The summed E-state index contributed by atoms with van der Waals surface area (Å²) in [5.41, 5.74) is 3.07. The SMILES string of the molecule is CCN([C@@H](Cc1ccccc1)C(=O)N(C)Cc1ccccc1)N(CC(=O)O)Cc1ccccc1. The molecule has 1 amide bonds. The van der Waals surface area contributed by atoms with E-state index in [9.17, 15) is 14.7 Å². The van der Waals surface area contributed by atoms with Crippen LogP contribution < -0.4 is 0 Å². The first-order valence-corrected chi connectivity index (χ1v) is 11.6. The normalized spacial score (nSPS) is 12.0. The lowest BCUT2D eigenvalue weighted by Crippen LogP contribution is -2.56. The van der Waals surface area contributed by atoms with Crippen LogP contribution in [0.15, 0.2) is 91.0 Å². The minimum absolute atomic E-state index is 0.0435. The van der Waals surface area contributed by atoms with Crippen LogP contribution >= 0.6 is 0 Å². The molecule has 0 unspecified atom stereocenters. The van der Waals surface area contributed by atoms with Gasteiger partial charge in [0.1, 0.15) is 12.6 Å². The lowest BCUT2D eigenvalue weighted by Gasteiger charge is -2.40. The van der Waals surface area contributed by atoms with E-state index in [0.717, 1.165) is 16.7 Å². The summed E-state index contributed by atoms with van der Waals surface area (Å²) in [4.78, 5) is 27.3. The summed E-state index contributed by atoms with van der Waals surface area (Å²) in [5.74, 6) is -0.976. The molecule has 0 saturated carbocycles. The van der Waals surface area contributed by atoms with Crippen LogP contribution in [0.4, 0.5) is 0 Å². The van der Waals surface area contributed by atoms with Gasteiger partial charge in [-0.3, -0.25) is 9.59 Å². The molecule has 0 aliphatic heterocycles. The molecule has 6 heteroatoms. The van der Waals surface area contributed by atoms with Crippen LogP contribution in [-0.4, -0.2) is 58.1 Å². The largest absolute Gasteiger partial charge is 0.480 e. The zero-order valence-electron chi connectivity index (χ0n) is 19.9. The van der Waals surface area contributed by atoms with Crippen LogP contribution in [0.3, 0.4) is 0 Å². The highest BCUT2D eigenvalue weighted by atomic mass is 16.4. The van der Waals surface area contributed by atoms with E-state index in [0.29, 0.717) is 26.1 Å². The number of carboxylic acid groups (broad SMARTS) is 1. The average molecular weight is 460 g/mol. The number of carboxylic acids is 1. The number of hydrogen-bond donors (Lipinski definition) is 1. The van der Waals surface area contributed by atoms with Crippen LogP contribution in [0.1, 0.15) is 23.6 Å². The zero-order chi connectivity index (χ0) is 24.3. The Morgan fingerprint density at radius 2 is 1.24 bits per heavy atom. The average Bonchev–Trinajstić information content (AvgIpc) is 2.85. The summed E-state index contributed by atoms with van der Waals surface area (Å²) in [6, 6.07) is 29.0. The van der Waals surface area contributed by atoms with Gasteiger partial charge in [-0.2, -0.15) is 0 Å². The van der Waals surface area contributed by atoms with Gasteiger partial charge in [-0.25, -0.2) is 10.0 Å². The summed E-state index contributed by atoms with van der Waals surface area (Å²) < 4.78 is 0. The fraction of sp³-hybridized carbons (Fsp3) is 0.286. The van der Waals surface area contributed by atoms with Crippen molar-refractivity contribution >= 4 is 11.9 Å². The van der Waals surface area contributed by atoms with Crippen molar-refractivity contribution in [2.75, 3.05) is 20.1 Å². The van der Waals surface area contributed by atoms with Gasteiger partial charge >= 0.3 is 5.97 Å². The van der Waals surface area contributed by atoms with E-state index in [1.54, 1.807) is 17.0 Å². The molecule has 3 rings (SSSR count). The lowest BCUT2D eigenvalue weighted by molar-refractivity contribution is -0.157. The molecule has 0 aromatic heterocycles. The van der Waals surface area contributed by atoms with E-state index in [2.05, 4.69) is 0 Å². The highest BCUT2D eigenvalue weighted by molar-refractivity contribution is 5.82. The minimum atomic E-state index is -0.932. The van der Waals surface area contributed by atoms with Crippen molar-refractivity contribution in [3.63, 3.8) is 0 Å². The molecule has 0 heterocycles. The van der Waals surface area contributed by atoms with E-state index >= 15 is 0 Å². The molecular formula is C28H33N3O3. The van der Waals surface area contributed by atoms with Crippen LogP contribution in [0, 0.1) is 0 Å². The highest BCUT2D eigenvalue weighted by Gasteiger charge is 2.32. The van der Waals surface area contributed by atoms with E-state index in [1.807, 2.05) is 103 Å². The molecule has 0 saturated heterocycles. The predicted octanol–water partition coefficient (Wildman–Crippen LogP) is 4.08. The molecule has 3 aromatic carbocycles. The molecule has 34 heavy (non-hydrogen) atoms. The molecule has 0 fully saturated rings. The Hall–Kier alpha value is -3.48. The number of carbonyl (C=O) groups excluding carboxylic acids is 1. The minimum Gasteiger partial charge on any atom is -0.480 e. The molecule has 0 spiro atoms. The van der Waals surface area contributed by atoms with Crippen LogP contribution in [0.5, 0.6) is 0 Å². The molecule has 0 aliphatic carbocycles. The molecule has 178 valence electrons. The van der Waals surface area contributed by atoms with Crippen molar-refractivity contribution in [1.82, 2.24) is 14.9 Å². The van der Waals surface area contributed by atoms with Crippen molar-refractivity contribution in [3.8, 4) is 0 Å². The number of aliphatic carboxylic acids is 1. The van der Waals surface area contributed by atoms with Crippen molar-refractivity contribution in [2.24, 2.45) is 0 Å². The van der Waals surface area contributed by atoms with Gasteiger partial charge in [0.2, 0.25) is 5.91 Å². The van der Waals surface area contributed by atoms with Crippen molar-refractivity contribution in [2.45, 2.75) is 32.5 Å². The van der Waals surface area contributed by atoms with Crippen molar-refractivity contribution < 1.29 is 14.7 Å². The molecule has 6 nitrogen and oxygen atoms in total. The number of rotatable bonds is 12. The second-order valence-corrected chi connectivity index (χ2v) is 8.34. The Morgan fingerprint density at radius 1 is 0.765 bits per heavy atom. The van der Waals surface area contributed by atoms with E-state index in [1.165, 1.54) is 0 Å². The molecule has 1 atom stereocenters. The smallest absolute Gasteiger partial charge is 0.319 e. The Kier molecular flexibility index (Phi) is 9.38. The second-order valence-electron chi connectivity index (χ2n) is 8.34. The maximum absolute atomic E-state index is 13.8. The number of benzene rings is 3. The van der Waals surface area contributed by atoms with Crippen LogP contribution in [0.2, 0.25) is 0 Å². The summed E-state index contributed by atoms with van der Waals surface area (Å²) in [6.45, 7) is 3.16. The fourth-order valence-corrected chi connectivity index (χ4v) is 4.15. The van der Waals surface area contributed by atoms with Gasteiger partial charge in [0.05, 0.1) is 0 Å². The van der Waals surface area contributed by atoms with Gasteiger partial charge in [-0.15, -0.1) is 0 Å². The molecular weight excluding hydrogens is 426 g/mol. The quantitative estimate of drug-likeness (QED) is 0.414. The summed E-state index contributed by atoms with van der Waals surface area (Å²) in [6.07, 6.45) is 0.484. The Labute approximate surface area is 202 Å². The number of hydrogen-bond acceptors (Lipinski definition) is 4. The summed E-state index contributed by atoms with van der Waals surface area (Å²) >= 11 is 0. The molecule has 3 aromatic rings. The van der Waals surface area contributed by atoms with Crippen LogP contribution in [-0.2, 0) is 29.1 Å². The zero-order valence-corrected chi connectivity index (χ0v) is 19.9. The molecule has 0 aliphatic rings. The van der Waals surface area contributed by atoms with Gasteiger partial charge in [0.25, 0.3) is 0 Å². The summed E-state index contributed by atoms with van der Waals surface area (Å²) in [5, 5.41) is 13.3. The highest BCUT2D eigenvalue weighted by Crippen LogP contribution is 2.18. The second kappa shape index (κ2) is 12.7. The monoisotopic (exact) mass is 459 g/mol. The third-order valence-corrected chi connectivity index (χ3v) is 5.77. The Balaban J connectivity index is 1.91. The lowest BCUT2D eigenvalue weighted by atomic mass is 10.0. The Bertz CT molecular complexity index is 1030. The van der Waals surface area contributed by atoms with Gasteiger partial charge in [-0.05, 0) is 23.1 Å². The van der Waals surface area contributed by atoms with Crippen molar-refractivity contribution in [1.29, 1.82) is 0 Å². The van der Waals surface area contributed by atoms with Crippen LogP contribution in [0.25, 0.3) is 0 Å². The summed E-state index contributed by atoms with van der Waals surface area (Å²) in [7, 11) is 1.81. The van der Waals surface area contributed by atoms with Gasteiger partial charge in [0.15, 0.2) is 0 Å². The van der Waals surface area contributed by atoms with E-state index in [-0.39, 0.29) is 12.5 Å². The number of amides is 1. The number of hydrazine groups is 1. The van der Waals surface area contributed by atoms with Crippen molar-refractivity contribution in [3.05, 3.63) is 108 Å². The third kappa shape index (κ3) is 7.27. The van der Waals surface area contributed by atoms with E-state index < -0.39 is 12.0 Å². The third-order valence-electron chi connectivity index (χ3n) is 5.77. The first-order chi connectivity index (χ1) is 16.5. The number of nitrogens with zero attached hydrogens (tertiary/aromatic N) is 3. The van der Waals surface area contributed by atoms with E-state index in [4.69, 9.17) is 0 Å². The first-order valence-electron chi connectivity index (χ1n) is 11.6. The Morgan fingerprint density at radius 3 is 1.71 bits per heavy atom. The number of likely N-dealkylation sites (N-methyl/N-ethyl adjacent to an activating group) is 2. The molecule has 0 bridgehead atoms. The molecule has 0 radical (unpaired) electrons. The number of carbonyl (C=O) groups is 2. The standard InChI is InChI=1S/C28H33N3O3/c1-3-31(30(22-27(32)33)21-25-17-11-6-12-18-25)26(19-23-13-7-4-8-14-23)28(34)29(2)20-24-15-9-5-10-16-24/h4-18,26H,3,19-22H2,1-2H3,(H,32,33)/t26-/m0/s1. The first kappa shape index (κ1) is 25.1.